The first-order valence-electron chi connectivity index (χ1n) is 7.64. The number of phenolic OH excluding ortho intramolecular Hbond substituents is 1. The van der Waals surface area contributed by atoms with Gasteiger partial charge in [-0.1, -0.05) is 12.1 Å². The number of para-hydroxylation sites is 2. The van der Waals surface area contributed by atoms with Crippen LogP contribution in [0.3, 0.4) is 0 Å². The number of nitrogens with one attached hydrogen (secondary N) is 1. The number of ether oxygens (including phenoxy) is 1. The smallest absolute Gasteiger partial charge is 0.323 e. The van der Waals surface area contributed by atoms with Gasteiger partial charge in [-0.15, -0.1) is 0 Å². The second-order valence-electron chi connectivity index (χ2n) is 5.79. The third-order valence-corrected chi connectivity index (χ3v) is 4.41. The van der Waals surface area contributed by atoms with Gasteiger partial charge in [0.25, 0.3) is 0 Å². The molecule has 0 spiro atoms. The molecule has 0 aliphatic carbocycles. The minimum atomic E-state index is -0.142. The Balaban J connectivity index is 1.54. The van der Waals surface area contributed by atoms with Crippen molar-refractivity contribution in [1.29, 1.82) is 0 Å². The average Bonchev–Trinajstić information content (AvgIpc) is 2.96. The lowest BCUT2D eigenvalue weighted by molar-refractivity contribution is -0.142. The zero-order valence-electron chi connectivity index (χ0n) is 12.3. The molecular weight excluding hydrogens is 284 g/mol. The van der Waals surface area contributed by atoms with Crippen LogP contribution < -0.4 is 5.32 Å². The van der Waals surface area contributed by atoms with Crippen molar-refractivity contribution in [2.45, 2.75) is 25.3 Å². The average molecular weight is 304 g/mol. The minimum Gasteiger partial charge on any atom is -0.506 e. The number of rotatable bonds is 3. The van der Waals surface area contributed by atoms with E-state index in [1.165, 1.54) is 0 Å². The van der Waals surface area contributed by atoms with E-state index in [-0.39, 0.29) is 29.6 Å². The van der Waals surface area contributed by atoms with Crippen LogP contribution in [0.25, 0.3) is 0 Å². The fourth-order valence-electron chi connectivity index (χ4n) is 3.10. The molecule has 1 aromatic rings. The molecule has 2 aliphatic heterocycles. The summed E-state index contributed by atoms with van der Waals surface area (Å²) in [6, 6.07) is 6.57. The first-order valence-corrected chi connectivity index (χ1v) is 7.64. The summed E-state index contributed by atoms with van der Waals surface area (Å²) in [4.78, 5) is 26.0. The highest BCUT2D eigenvalue weighted by Gasteiger charge is 2.35. The van der Waals surface area contributed by atoms with E-state index in [0.29, 0.717) is 25.1 Å². The van der Waals surface area contributed by atoms with Gasteiger partial charge in [0.15, 0.2) is 0 Å². The van der Waals surface area contributed by atoms with Gasteiger partial charge in [0, 0.05) is 12.3 Å². The van der Waals surface area contributed by atoms with Crippen molar-refractivity contribution < 1.29 is 19.4 Å². The first kappa shape index (κ1) is 14.8. The summed E-state index contributed by atoms with van der Waals surface area (Å²) in [5.41, 5.74) is 0.439. The number of nitrogens with zero attached hydrogens (tertiary/aromatic N) is 1. The first-order chi connectivity index (χ1) is 10.6. The largest absolute Gasteiger partial charge is 0.506 e. The van der Waals surface area contributed by atoms with Crippen molar-refractivity contribution in [3.8, 4) is 5.75 Å². The molecule has 0 radical (unpaired) electrons. The van der Waals surface area contributed by atoms with Gasteiger partial charge in [0.05, 0.1) is 12.3 Å². The van der Waals surface area contributed by atoms with Gasteiger partial charge in [-0.3, -0.25) is 14.5 Å². The summed E-state index contributed by atoms with van der Waals surface area (Å²) in [7, 11) is 0. The van der Waals surface area contributed by atoms with E-state index in [2.05, 4.69) is 10.2 Å². The number of anilines is 1. The second-order valence-corrected chi connectivity index (χ2v) is 5.79. The molecule has 3 rings (SSSR count). The SMILES string of the molecule is O=C(Nc1ccccc1O)C1CCN([C@H]2CCOC2=O)CC1. The predicted molar refractivity (Wildman–Crippen MR) is 80.4 cm³/mol. The van der Waals surface area contributed by atoms with Crippen LogP contribution in [0.15, 0.2) is 24.3 Å². The van der Waals surface area contributed by atoms with Crippen LogP contribution in [0.1, 0.15) is 19.3 Å². The molecule has 0 aromatic heterocycles. The Morgan fingerprint density at radius 2 is 1.95 bits per heavy atom. The molecule has 1 amide bonds. The Bertz CT molecular complexity index is 567. The van der Waals surface area contributed by atoms with Gasteiger partial charge >= 0.3 is 5.97 Å². The molecule has 2 saturated heterocycles. The van der Waals surface area contributed by atoms with E-state index < -0.39 is 0 Å². The van der Waals surface area contributed by atoms with Gasteiger partial charge in [-0.05, 0) is 38.1 Å². The number of esters is 1. The highest BCUT2D eigenvalue weighted by molar-refractivity contribution is 5.93. The number of aromatic hydroxyl groups is 1. The molecule has 1 atom stereocenters. The summed E-state index contributed by atoms with van der Waals surface area (Å²) in [5.74, 6) is -0.234. The maximum absolute atomic E-state index is 12.3. The van der Waals surface area contributed by atoms with E-state index >= 15 is 0 Å². The summed E-state index contributed by atoms with van der Waals surface area (Å²) in [5, 5.41) is 12.5. The van der Waals surface area contributed by atoms with Gasteiger partial charge in [0.2, 0.25) is 5.91 Å². The predicted octanol–water partition coefficient (Wildman–Crippen LogP) is 1.36. The van der Waals surface area contributed by atoms with Crippen LogP contribution in [0, 0.1) is 5.92 Å². The molecule has 2 heterocycles. The van der Waals surface area contributed by atoms with Crippen molar-refractivity contribution in [2.75, 3.05) is 25.0 Å². The Labute approximate surface area is 129 Å². The van der Waals surface area contributed by atoms with Crippen LogP contribution in [0.2, 0.25) is 0 Å². The number of phenols is 1. The van der Waals surface area contributed by atoms with Crippen molar-refractivity contribution in [1.82, 2.24) is 4.90 Å². The number of hydrogen-bond acceptors (Lipinski definition) is 5. The Hall–Kier alpha value is -2.08. The van der Waals surface area contributed by atoms with Crippen molar-refractivity contribution in [2.24, 2.45) is 5.92 Å². The van der Waals surface area contributed by atoms with Gasteiger partial charge in [-0.2, -0.15) is 0 Å². The zero-order valence-corrected chi connectivity index (χ0v) is 12.3. The zero-order chi connectivity index (χ0) is 15.5. The second kappa shape index (κ2) is 6.36. The number of cyclic esters (lactones) is 1. The molecule has 2 aliphatic rings. The van der Waals surface area contributed by atoms with Gasteiger partial charge in [0.1, 0.15) is 11.8 Å². The molecule has 0 bridgehead atoms. The quantitative estimate of drug-likeness (QED) is 0.651. The highest BCUT2D eigenvalue weighted by atomic mass is 16.5. The minimum absolute atomic E-state index is 0.0713. The Morgan fingerprint density at radius 3 is 2.59 bits per heavy atom. The number of benzene rings is 1. The molecule has 118 valence electrons. The van der Waals surface area contributed by atoms with Crippen molar-refractivity contribution >= 4 is 17.6 Å². The fourth-order valence-corrected chi connectivity index (χ4v) is 3.10. The molecule has 0 unspecified atom stereocenters. The van der Waals surface area contributed by atoms with Gasteiger partial charge in [-0.25, -0.2) is 0 Å². The van der Waals surface area contributed by atoms with Crippen LogP contribution in [0.4, 0.5) is 5.69 Å². The van der Waals surface area contributed by atoms with E-state index in [4.69, 9.17) is 4.74 Å². The number of piperidine rings is 1. The molecule has 6 heteroatoms. The van der Waals surface area contributed by atoms with E-state index in [1.807, 2.05) is 0 Å². The van der Waals surface area contributed by atoms with Crippen LogP contribution in [-0.2, 0) is 14.3 Å². The lowest BCUT2D eigenvalue weighted by atomic mass is 9.94. The summed E-state index contributed by atoms with van der Waals surface area (Å²) in [6.45, 7) is 1.94. The molecule has 22 heavy (non-hydrogen) atoms. The normalized spacial score (nSPS) is 23.3. The van der Waals surface area contributed by atoms with Gasteiger partial charge < -0.3 is 15.2 Å². The Morgan fingerprint density at radius 1 is 1.23 bits per heavy atom. The molecule has 0 saturated carbocycles. The maximum Gasteiger partial charge on any atom is 0.323 e. The number of amides is 1. The van der Waals surface area contributed by atoms with Crippen LogP contribution in [-0.4, -0.2) is 47.6 Å². The van der Waals surface area contributed by atoms with Crippen LogP contribution >= 0.6 is 0 Å². The third kappa shape index (κ3) is 3.06. The van der Waals surface area contributed by atoms with E-state index in [1.54, 1.807) is 24.3 Å². The number of likely N-dealkylation sites (tertiary alicyclic amines) is 1. The maximum atomic E-state index is 12.3. The lowest BCUT2D eigenvalue weighted by Gasteiger charge is -2.33. The van der Waals surface area contributed by atoms with Crippen molar-refractivity contribution in [3.63, 3.8) is 0 Å². The monoisotopic (exact) mass is 304 g/mol. The molecule has 2 fully saturated rings. The summed E-state index contributed by atoms with van der Waals surface area (Å²) in [6.07, 6.45) is 2.17. The number of carbonyl (C=O) groups excluding carboxylic acids is 2. The van der Waals surface area contributed by atoms with Crippen molar-refractivity contribution in [3.05, 3.63) is 24.3 Å². The molecular formula is C16H20N2O4. The summed E-state index contributed by atoms with van der Waals surface area (Å²) < 4.78 is 5.00. The number of carbonyl (C=O) groups is 2. The molecule has 2 N–H and O–H groups in total. The fraction of sp³-hybridized carbons (Fsp3) is 0.500. The Kier molecular flexibility index (Phi) is 4.29. The number of hydrogen-bond donors (Lipinski definition) is 2. The standard InChI is InChI=1S/C16H20N2O4/c19-14-4-2-1-3-12(14)17-15(20)11-5-8-18(9-6-11)13-7-10-22-16(13)21/h1-4,11,13,19H,5-10H2,(H,17,20)/t13-/m0/s1. The van der Waals surface area contributed by atoms with Crippen LogP contribution in [0.5, 0.6) is 5.75 Å². The van der Waals surface area contributed by atoms with E-state index in [0.717, 1.165) is 19.5 Å². The molecule has 1 aromatic carbocycles. The summed E-state index contributed by atoms with van der Waals surface area (Å²) >= 11 is 0. The lowest BCUT2D eigenvalue weighted by Crippen LogP contribution is -2.45. The topological polar surface area (TPSA) is 78.9 Å². The third-order valence-electron chi connectivity index (χ3n) is 4.41. The molecule has 6 nitrogen and oxygen atoms in total. The van der Waals surface area contributed by atoms with E-state index in [9.17, 15) is 14.7 Å². The highest BCUT2D eigenvalue weighted by Crippen LogP contribution is 2.26.